The van der Waals surface area contributed by atoms with Gasteiger partial charge in [0.25, 0.3) is 10.0 Å². The molecule has 0 fully saturated rings. The van der Waals surface area contributed by atoms with Gasteiger partial charge >= 0.3 is 0 Å². The van der Waals surface area contributed by atoms with E-state index >= 15 is 0 Å². The van der Waals surface area contributed by atoms with E-state index < -0.39 is 28.5 Å². The van der Waals surface area contributed by atoms with Crippen LogP contribution in [0.3, 0.4) is 0 Å². The van der Waals surface area contributed by atoms with Crippen LogP contribution in [-0.2, 0) is 32.6 Å². The lowest BCUT2D eigenvalue weighted by atomic mass is 10.0. The molecule has 0 saturated carbocycles. The molecular formula is C36H40BrN3O4S. The molecule has 4 rings (SSSR count). The van der Waals surface area contributed by atoms with Gasteiger partial charge in [-0.1, -0.05) is 88.2 Å². The van der Waals surface area contributed by atoms with Gasteiger partial charge in [0.2, 0.25) is 11.8 Å². The Labute approximate surface area is 275 Å². The van der Waals surface area contributed by atoms with Gasteiger partial charge in [0.1, 0.15) is 12.6 Å². The van der Waals surface area contributed by atoms with Crippen molar-refractivity contribution in [2.24, 2.45) is 0 Å². The van der Waals surface area contributed by atoms with E-state index in [2.05, 4.69) is 21.2 Å². The lowest BCUT2D eigenvalue weighted by Gasteiger charge is -2.34. The van der Waals surface area contributed by atoms with Gasteiger partial charge in [0.05, 0.1) is 10.6 Å². The van der Waals surface area contributed by atoms with Gasteiger partial charge in [-0.25, -0.2) is 8.42 Å². The monoisotopic (exact) mass is 689 g/mol. The molecule has 2 amide bonds. The fourth-order valence-electron chi connectivity index (χ4n) is 5.06. The number of halogens is 1. The van der Waals surface area contributed by atoms with Crippen LogP contribution in [0.2, 0.25) is 0 Å². The number of anilines is 1. The highest BCUT2D eigenvalue weighted by atomic mass is 79.9. The van der Waals surface area contributed by atoms with Crippen LogP contribution in [0.15, 0.2) is 106 Å². The molecule has 1 unspecified atom stereocenters. The summed E-state index contributed by atoms with van der Waals surface area (Å²) in [5.74, 6) is -0.798. The highest BCUT2D eigenvalue weighted by molar-refractivity contribution is 9.10. The number of carbonyl (C=O) groups excluding carboxylic acids is 2. The normalized spacial score (nSPS) is 12.1. The zero-order valence-electron chi connectivity index (χ0n) is 26.3. The van der Waals surface area contributed by atoms with Crippen LogP contribution >= 0.6 is 15.9 Å². The molecule has 0 saturated heterocycles. The second-order valence-corrected chi connectivity index (χ2v) is 14.4. The molecule has 4 aromatic rings. The van der Waals surface area contributed by atoms with Crippen LogP contribution < -0.4 is 9.62 Å². The number of hydrogen-bond acceptors (Lipinski definition) is 4. The molecule has 0 heterocycles. The molecule has 0 aromatic heterocycles. The van der Waals surface area contributed by atoms with Crippen molar-refractivity contribution in [1.82, 2.24) is 10.2 Å². The summed E-state index contributed by atoms with van der Waals surface area (Å²) in [5.41, 5.74) is 4.59. The smallest absolute Gasteiger partial charge is 0.264 e. The van der Waals surface area contributed by atoms with Gasteiger partial charge in [-0.2, -0.15) is 0 Å². The summed E-state index contributed by atoms with van der Waals surface area (Å²) >= 11 is 3.47. The summed E-state index contributed by atoms with van der Waals surface area (Å²) in [6.45, 7) is 8.96. The first kappa shape index (κ1) is 33.9. The van der Waals surface area contributed by atoms with Gasteiger partial charge in [0, 0.05) is 23.5 Å². The Bertz CT molecular complexity index is 1720. The average Bonchev–Trinajstić information content (AvgIpc) is 3.00. The molecule has 9 heteroatoms. The van der Waals surface area contributed by atoms with Crippen LogP contribution in [0.1, 0.15) is 41.7 Å². The highest BCUT2D eigenvalue weighted by Crippen LogP contribution is 2.29. The second kappa shape index (κ2) is 14.9. The van der Waals surface area contributed by atoms with E-state index in [9.17, 15) is 18.0 Å². The SMILES string of the molecule is Cc1ccc(S(=O)(=O)N(CC(=O)N(Cc2ccc(Br)cc2)C(Cc2ccccc2)C(=O)NC(C)C)c2cc(C)ccc2C)cc1. The predicted molar refractivity (Wildman–Crippen MR) is 184 cm³/mol. The maximum Gasteiger partial charge on any atom is 0.264 e. The lowest BCUT2D eigenvalue weighted by Crippen LogP contribution is -2.54. The quantitative estimate of drug-likeness (QED) is 0.179. The van der Waals surface area contributed by atoms with E-state index in [1.54, 1.807) is 30.3 Å². The standard InChI is InChI=1S/C36H40BrN3O4S/c1-25(2)38-36(42)34(22-29-9-7-6-8-10-29)39(23-30-15-17-31(37)18-16-30)35(41)24-40(33-21-27(4)11-14-28(33)5)45(43,44)32-19-12-26(3)13-20-32/h6-21,25,34H,22-24H2,1-5H3,(H,38,42). The Morgan fingerprint density at radius 3 is 2.04 bits per heavy atom. The summed E-state index contributed by atoms with van der Waals surface area (Å²) in [6.07, 6.45) is 0.260. The van der Waals surface area contributed by atoms with E-state index in [1.807, 2.05) is 101 Å². The van der Waals surface area contributed by atoms with Crippen molar-refractivity contribution >= 4 is 43.5 Å². The number of sulfonamides is 1. The van der Waals surface area contributed by atoms with E-state index in [-0.39, 0.29) is 29.8 Å². The predicted octanol–water partition coefficient (Wildman–Crippen LogP) is 6.73. The molecule has 7 nitrogen and oxygen atoms in total. The summed E-state index contributed by atoms with van der Waals surface area (Å²) < 4.78 is 30.6. The first-order valence-electron chi connectivity index (χ1n) is 14.9. The van der Waals surface area contributed by atoms with Gasteiger partial charge in [-0.15, -0.1) is 0 Å². The number of hydrogen-bond donors (Lipinski definition) is 1. The summed E-state index contributed by atoms with van der Waals surface area (Å²) in [5, 5.41) is 2.98. The molecule has 0 bridgehead atoms. The van der Waals surface area contributed by atoms with Gasteiger partial charge < -0.3 is 10.2 Å². The van der Waals surface area contributed by atoms with Gasteiger partial charge in [0.15, 0.2) is 0 Å². The molecule has 1 atom stereocenters. The minimum absolute atomic E-state index is 0.0830. The average molecular weight is 691 g/mol. The lowest BCUT2D eigenvalue weighted by molar-refractivity contribution is -0.140. The topological polar surface area (TPSA) is 86.8 Å². The molecule has 45 heavy (non-hydrogen) atoms. The first-order valence-corrected chi connectivity index (χ1v) is 17.1. The summed E-state index contributed by atoms with van der Waals surface area (Å²) in [6, 6.07) is 28.1. The maximum absolute atomic E-state index is 14.6. The van der Waals surface area contributed by atoms with Crippen LogP contribution in [0.25, 0.3) is 0 Å². The third kappa shape index (κ3) is 8.83. The molecule has 0 aliphatic rings. The van der Waals surface area contributed by atoms with Crippen molar-refractivity contribution in [1.29, 1.82) is 0 Å². The van der Waals surface area contributed by atoms with Crippen molar-refractivity contribution in [2.45, 2.75) is 64.6 Å². The third-order valence-corrected chi connectivity index (χ3v) is 9.79. The number of nitrogens with zero attached hydrogens (tertiary/aromatic N) is 2. The zero-order valence-corrected chi connectivity index (χ0v) is 28.7. The summed E-state index contributed by atoms with van der Waals surface area (Å²) in [7, 11) is -4.16. The van der Waals surface area contributed by atoms with Crippen molar-refractivity contribution in [3.63, 3.8) is 0 Å². The maximum atomic E-state index is 14.6. The van der Waals surface area contributed by atoms with Gasteiger partial charge in [-0.05, 0) is 87.2 Å². The number of carbonyl (C=O) groups is 2. The molecular weight excluding hydrogens is 650 g/mol. The third-order valence-electron chi connectivity index (χ3n) is 7.49. The Hall–Kier alpha value is -3.95. The van der Waals surface area contributed by atoms with Crippen LogP contribution in [0, 0.1) is 20.8 Å². The van der Waals surface area contributed by atoms with Crippen molar-refractivity contribution in [3.05, 3.63) is 129 Å². The fraction of sp³-hybridized carbons (Fsp3) is 0.278. The Morgan fingerprint density at radius 1 is 0.800 bits per heavy atom. The van der Waals surface area contributed by atoms with E-state index in [4.69, 9.17) is 0 Å². The van der Waals surface area contributed by atoms with Crippen molar-refractivity contribution in [3.8, 4) is 0 Å². The Morgan fingerprint density at radius 2 is 1.42 bits per heavy atom. The highest BCUT2D eigenvalue weighted by Gasteiger charge is 2.35. The fourth-order valence-corrected chi connectivity index (χ4v) is 6.79. The Kier molecular flexibility index (Phi) is 11.2. The van der Waals surface area contributed by atoms with E-state index in [1.165, 1.54) is 9.21 Å². The number of benzene rings is 4. The van der Waals surface area contributed by atoms with Crippen LogP contribution in [0.5, 0.6) is 0 Å². The van der Waals surface area contributed by atoms with E-state index in [0.717, 1.165) is 26.7 Å². The number of amides is 2. The molecule has 236 valence electrons. The van der Waals surface area contributed by atoms with Crippen LogP contribution in [-0.4, -0.2) is 43.8 Å². The molecule has 1 N–H and O–H groups in total. The number of aryl methyl sites for hydroxylation is 3. The molecule has 0 radical (unpaired) electrons. The zero-order chi connectivity index (χ0) is 32.7. The molecule has 0 spiro atoms. The second-order valence-electron chi connectivity index (χ2n) is 11.6. The largest absolute Gasteiger partial charge is 0.352 e. The number of nitrogens with one attached hydrogen (secondary N) is 1. The van der Waals surface area contributed by atoms with Crippen molar-refractivity contribution < 1.29 is 18.0 Å². The van der Waals surface area contributed by atoms with E-state index in [0.29, 0.717) is 11.3 Å². The molecule has 4 aromatic carbocycles. The minimum Gasteiger partial charge on any atom is -0.352 e. The summed E-state index contributed by atoms with van der Waals surface area (Å²) in [4.78, 5) is 30.0. The van der Waals surface area contributed by atoms with Gasteiger partial charge in [-0.3, -0.25) is 13.9 Å². The van der Waals surface area contributed by atoms with Crippen LogP contribution in [0.4, 0.5) is 5.69 Å². The van der Waals surface area contributed by atoms with Crippen molar-refractivity contribution in [2.75, 3.05) is 10.8 Å². The molecule has 0 aliphatic carbocycles. The minimum atomic E-state index is -4.16. The molecule has 0 aliphatic heterocycles. The first-order chi connectivity index (χ1) is 21.3. The Balaban J connectivity index is 1.83. The number of rotatable bonds is 12.